The summed E-state index contributed by atoms with van der Waals surface area (Å²) in [6.07, 6.45) is 2.59. The second-order valence-corrected chi connectivity index (χ2v) is 5.23. The molecule has 102 valence electrons. The molecule has 1 N–H and O–H groups in total. The van der Waals surface area contributed by atoms with Gasteiger partial charge in [-0.1, -0.05) is 33.6 Å². The maximum Gasteiger partial charge on any atom is 0.0623 e. The number of nitrogens with one attached hydrogen (secondary N) is 1. The van der Waals surface area contributed by atoms with Crippen LogP contribution in [0.3, 0.4) is 0 Å². The van der Waals surface area contributed by atoms with Crippen molar-refractivity contribution in [1.82, 2.24) is 10.2 Å². The van der Waals surface area contributed by atoms with Gasteiger partial charge in [-0.05, 0) is 19.5 Å². The summed E-state index contributed by atoms with van der Waals surface area (Å²) in [5.41, 5.74) is 0. The Balaban J connectivity index is 2.40. The van der Waals surface area contributed by atoms with Gasteiger partial charge in [-0.2, -0.15) is 0 Å². The van der Waals surface area contributed by atoms with Crippen LogP contribution in [-0.2, 0) is 4.74 Å². The van der Waals surface area contributed by atoms with Crippen LogP contribution < -0.4 is 5.32 Å². The van der Waals surface area contributed by atoms with Crippen molar-refractivity contribution in [3.8, 4) is 0 Å². The zero-order chi connectivity index (χ0) is 12.7. The molecule has 1 heterocycles. The van der Waals surface area contributed by atoms with Crippen LogP contribution in [0.4, 0.5) is 0 Å². The SMILES string of the molecule is CCC(CC)CN(CC)CC1COCC1NC. The van der Waals surface area contributed by atoms with Crippen molar-refractivity contribution >= 4 is 0 Å². The van der Waals surface area contributed by atoms with Gasteiger partial charge in [0.1, 0.15) is 0 Å². The highest BCUT2D eigenvalue weighted by atomic mass is 16.5. The molecule has 17 heavy (non-hydrogen) atoms. The minimum atomic E-state index is 0.547. The van der Waals surface area contributed by atoms with E-state index < -0.39 is 0 Å². The number of rotatable bonds is 8. The van der Waals surface area contributed by atoms with Gasteiger partial charge in [-0.25, -0.2) is 0 Å². The number of ether oxygens (including phenoxy) is 1. The van der Waals surface area contributed by atoms with E-state index in [1.54, 1.807) is 0 Å². The lowest BCUT2D eigenvalue weighted by Gasteiger charge is -2.29. The molecule has 0 radical (unpaired) electrons. The third-order valence-corrected chi connectivity index (χ3v) is 4.18. The number of nitrogens with zero attached hydrogens (tertiary/aromatic N) is 1. The predicted molar refractivity (Wildman–Crippen MR) is 73.3 cm³/mol. The second kappa shape index (κ2) is 8.06. The molecule has 0 bridgehead atoms. The first kappa shape index (κ1) is 14.9. The van der Waals surface area contributed by atoms with Crippen molar-refractivity contribution in [2.45, 2.75) is 39.7 Å². The van der Waals surface area contributed by atoms with Crippen molar-refractivity contribution < 1.29 is 4.74 Å². The third-order valence-electron chi connectivity index (χ3n) is 4.18. The quantitative estimate of drug-likeness (QED) is 0.704. The van der Waals surface area contributed by atoms with Gasteiger partial charge < -0.3 is 15.0 Å². The Kier molecular flexibility index (Phi) is 7.09. The molecule has 0 aromatic heterocycles. The van der Waals surface area contributed by atoms with E-state index in [1.807, 2.05) is 7.05 Å². The second-order valence-electron chi connectivity index (χ2n) is 5.23. The smallest absolute Gasteiger partial charge is 0.0623 e. The lowest BCUT2D eigenvalue weighted by Crippen LogP contribution is -2.41. The number of hydrogen-bond acceptors (Lipinski definition) is 3. The van der Waals surface area contributed by atoms with Gasteiger partial charge in [0.15, 0.2) is 0 Å². The molecule has 0 amide bonds. The minimum absolute atomic E-state index is 0.547. The van der Waals surface area contributed by atoms with E-state index in [1.165, 1.54) is 25.9 Å². The molecular weight excluding hydrogens is 212 g/mol. The van der Waals surface area contributed by atoms with Crippen LogP contribution >= 0.6 is 0 Å². The molecule has 1 saturated heterocycles. The maximum atomic E-state index is 5.57. The predicted octanol–water partition coefficient (Wildman–Crippen LogP) is 1.98. The fourth-order valence-corrected chi connectivity index (χ4v) is 2.67. The third kappa shape index (κ3) is 4.57. The van der Waals surface area contributed by atoms with Crippen molar-refractivity contribution in [2.75, 3.05) is 39.9 Å². The summed E-state index contributed by atoms with van der Waals surface area (Å²) < 4.78 is 5.57. The highest BCUT2D eigenvalue weighted by molar-refractivity contribution is 4.82. The summed E-state index contributed by atoms with van der Waals surface area (Å²) in [6, 6.07) is 0.547. The molecule has 0 saturated carbocycles. The van der Waals surface area contributed by atoms with Crippen LogP contribution in [0.2, 0.25) is 0 Å². The van der Waals surface area contributed by atoms with Gasteiger partial charge in [-0.3, -0.25) is 0 Å². The molecule has 2 unspecified atom stereocenters. The van der Waals surface area contributed by atoms with E-state index in [0.29, 0.717) is 12.0 Å². The molecule has 0 aromatic carbocycles. The standard InChI is InChI=1S/C14H30N2O/c1-5-12(6-2)8-16(7-3)9-13-10-17-11-14(13)15-4/h12-15H,5-11H2,1-4H3. The average molecular weight is 242 g/mol. The van der Waals surface area contributed by atoms with Gasteiger partial charge >= 0.3 is 0 Å². The van der Waals surface area contributed by atoms with Gasteiger partial charge in [0, 0.05) is 25.0 Å². The Morgan fingerprint density at radius 3 is 2.47 bits per heavy atom. The maximum absolute atomic E-state index is 5.57. The summed E-state index contributed by atoms with van der Waals surface area (Å²) in [7, 11) is 2.05. The van der Waals surface area contributed by atoms with E-state index >= 15 is 0 Å². The number of hydrogen-bond donors (Lipinski definition) is 1. The molecule has 1 fully saturated rings. The lowest BCUT2D eigenvalue weighted by molar-refractivity contribution is 0.159. The van der Waals surface area contributed by atoms with Crippen LogP contribution in [0.25, 0.3) is 0 Å². The van der Waals surface area contributed by atoms with Crippen molar-refractivity contribution in [3.63, 3.8) is 0 Å². The van der Waals surface area contributed by atoms with Crippen LogP contribution in [-0.4, -0.2) is 50.8 Å². The Labute approximate surface area is 107 Å². The van der Waals surface area contributed by atoms with Crippen molar-refractivity contribution in [2.24, 2.45) is 11.8 Å². The molecule has 1 rings (SSSR count). The highest BCUT2D eigenvalue weighted by Crippen LogP contribution is 2.17. The van der Waals surface area contributed by atoms with Crippen LogP contribution in [0.1, 0.15) is 33.6 Å². The largest absolute Gasteiger partial charge is 0.379 e. The summed E-state index contributed by atoms with van der Waals surface area (Å²) in [6.45, 7) is 12.3. The lowest BCUT2D eigenvalue weighted by atomic mass is 10.00. The topological polar surface area (TPSA) is 24.5 Å². The van der Waals surface area contributed by atoms with Crippen LogP contribution in [0, 0.1) is 11.8 Å². The molecule has 1 aliphatic heterocycles. The van der Waals surface area contributed by atoms with Crippen molar-refractivity contribution in [1.29, 1.82) is 0 Å². The first-order valence-corrected chi connectivity index (χ1v) is 7.22. The van der Waals surface area contributed by atoms with E-state index in [0.717, 1.165) is 25.7 Å². The fraction of sp³-hybridized carbons (Fsp3) is 1.00. The zero-order valence-corrected chi connectivity index (χ0v) is 12.0. The summed E-state index contributed by atoms with van der Waals surface area (Å²) in [5.74, 6) is 1.51. The van der Waals surface area contributed by atoms with Crippen molar-refractivity contribution in [3.05, 3.63) is 0 Å². The van der Waals surface area contributed by atoms with E-state index in [4.69, 9.17) is 4.74 Å². The van der Waals surface area contributed by atoms with E-state index in [-0.39, 0.29) is 0 Å². The Morgan fingerprint density at radius 1 is 1.24 bits per heavy atom. The molecule has 1 aliphatic rings. The summed E-state index contributed by atoms with van der Waals surface area (Å²) in [5, 5.41) is 3.37. The average Bonchev–Trinajstić information content (AvgIpc) is 2.81. The minimum Gasteiger partial charge on any atom is -0.379 e. The summed E-state index contributed by atoms with van der Waals surface area (Å²) >= 11 is 0. The van der Waals surface area contributed by atoms with Gasteiger partial charge in [0.05, 0.1) is 13.2 Å². The zero-order valence-electron chi connectivity index (χ0n) is 12.0. The fourth-order valence-electron chi connectivity index (χ4n) is 2.67. The molecule has 3 nitrogen and oxygen atoms in total. The van der Waals surface area contributed by atoms with Gasteiger partial charge in [0.2, 0.25) is 0 Å². The highest BCUT2D eigenvalue weighted by Gasteiger charge is 2.28. The Hall–Kier alpha value is -0.120. The van der Waals surface area contributed by atoms with Crippen LogP contribution in [0.15, 0.2) is 0 Å². The normalized spacial score (nSPS) is 25.1. The molecule has 2 atom stereocenters. The Morgan fingerprint density at radius 2 is 1.94 bits per heavy atom. The molecule has 0 aromatic rings. The van der Waals surface area contributed by atoms with E-state index in [9.17, 15) is 0 Å². The molecule has 0 aliphatic carbocycles. The molecule has 3 heteroatoms. The number of likely N-dealkylation sites (N-methyl/N-ethyl adjacent to an activating group) is 1. The van der Waals surface area contributed by atoms with Gasteiger partial charge in [0.25, 0.3) is 0 Å². The molecule has 0 spiro atoms. The Bertz CT molecular complexity index is 195. The molecular formula is C14H30N2O. The first-order chi connectivity index (χ1) is 8.24. The summed E-state index contributed by atoms with van der Waals surface area (Å²) in [4.78, 5) is 2.60. The monoisotopic (exact) mass is 242 g/mol. The van der Waals surface area contributed by atoms with E-state index in [2.05, 4.69) is 31.0 Å². The van der Waals surface area contributed by atoms with Gasteiger partial charge in [-0.15, -0.1) is 0 Å². The first-order valence-electron chi connectivity index (χ1n) is 7.22. The van der Waals surface area contributed by atoms with Crippen LogP contribution in [0.5, 0.6) is 0 Å².